The number of nitrogens with zero attached hydrogens (tertiary/aromatic N) is 2. The van der Waals surface area contributed by atoms with Crippen molar-refractivity contribution in [1.29, 1.82) is 0 Å². The molecule has 126 valence electrons. The number of anilines is 1. The number of hydrogen-bond donors (Lipinski definition) is 3. The van der Waals surface area contributed by atoms with Gasteiger partial charge in [0.2, 0.25) is 11.8 Å². The van der Waals surface area contributed by atoms with E-state index in [0.717, 1.165) is 25.1 Å². The van der Waals surface area contributed by atoms with Crippen molar-refractivity contribution < 1.29 is 9.59 Å². The molecule has 1 aromatic heterocycles. The highest BCUT2D eigenvalue weighted by Gasteiger charge is 2.20. The molecule has 24 heavy (non-hydrogen) atoms. The highest BCUT2D eigenvalue weighted by molar-refractivity contribution is 5.94. The molecule has 0 saturated carbocycles. The maximum absolute atomic E-state index is 12.0. The molecule has 2 aromatic rings. The van der Waals surface area contributed by atoms with Crippen LogP contribution in [0.15, 0.2) is 42.7 Å². The average Bonchev–Trinajstić information content (AvgIpc) is 3.16. The Hall–Kier alpha value is -2.67. The predicted molar refractivity (Wildman–Crippen MR) is 90.8 cm³/mol. The molecule has 1 aliphatic rings. The van der Waals surface area contributed by atoms with Gasteiger partial charge in [-0.3, -0.25) is 9.59 Å². The summed E-state index contributed by atoms with van der Waals surface area (Å²) >= 11 is 0. The SMILES string of the molecule is O=C(CNC(=O)C1CCCNC1)Nc1ccc(-n2cccn2)cc1. The minimum Gasteiger partial charge on any atom is -0.347 e. The van der Waals surface area contributed by atoms with E-state index in [0.29, 0.717) is 12.2 Å². The van der Waals surface area contributed by atoms with Gasteiger partial charge in [0.1, 0.15) is 0 Å². The van der Waals surface area contributed by atoms with Crippen LogP contribution in [0.5, 0.6) is 0 Å². The van der Waals surface area contributed by atoms with Crippen LogP contribution in [0.1, 0.15) is 12.8 Å². The fourth-order valence-corrected chi connectivity index (χ4v) is 2.71. The van der Waals surface area contributed by atoms with Gasteiger partial charge in [0.05, 0.1) is 18.2 Å². The molecule has 0 aliphatic carbocycles. The molecule has 1 aliphatic heterocycles. The van der Waals surface area contributed by atoms with Crippen LogP contribution in [0, 0.1) is 5.92 Å². The Morgan fingerprint density at radius 3 is 2.79 bits per heavy atom. The van der Waals surface area contributed by atoms with Crippen LogP contribution >= 0.6 is 0 Å². The highest BCUT2D eigenvalue weighted by atomic mass is 16.2. The van der Waals surface area contributed by atoms with Gasteiger partial charge >= 0.3 is 0 Å². The smallest absolute Gasteiger partial charge is 0.243 e. The third-order valence-electron chi connectivity index (χ3n) is 4.01. The topological polar surface area (TPSA) is 88.0 Å². The zero-order chi connectivity index (χ0) is 16.8. The molecule has 2 amide bonds. The Morgan fingerprint density at radius 1 is 1.29 bits per heavy atom. The van der Waals surface area contributed by atoms with Crippen LogP contribution in [0.3, 0.4) is 0 Å². The van der Waals surface area contributed by atoms with Gasteiger partial charge in [-0.1, -0.05) is 0 Å². The number of rotatable bonds is 5. The molecule has 3 N–H and O–H groups in total. The molecule has 2 heterocycles. The van der Waals surface area contributed by atoms with E-state index in [9.17, 15) is 9.59 Å². The van der Waals surface area contributed by atoms with Crippen LogP contribution in [-0.4, -0.2) is 41.2 Å². The number of carbonyl (C=O) groups excluding carboxylic acids is 2. The average molecular weight is 327 g/mol. The van der Waals surface area contributed by atoms with Gasteiger partial charge in [-0.2, -0.15) is 5.10 Å². The monoisotopic (exact) mass is 327 g/mol. The van der Waals surface area contributed by atoms with Crippen LogP contribution in [0.4, 0.5) is 5.69 Å². The first-order valence-electron chi connectivity index (χ1n) is 8.11. The van der Waals surface area contributed by atoms with Gasteiger partial charge in [0.15, 0.2) is 0 Å². The molecule has 1 fully saturated rings. The fraction of sp³-hybridized carbons (Fsp3) is 0.353. The van der Waals surface area contributed by atoms with Gasteiger partial charge in [-0.15, -0.1) is 0 Å². The number of amides is 2. The van der Waals surface area contributed by atoms with Crippen LogP contribution in [0.2, 0.25) is 0 Å². The Labute approximate surface area is 140 Å². The summed E-state index contributed by atoms with van der Waals surface area (Å²) < 4.78 is 1.74. The number of carbonyl (C=O) groups is 2. The number of aromatic nitrogens is 2. The second-order valence-electron chi connectivity index (χ2n) is 5.81. The summed E-state index contributed by atoms with van der Waals surface area (Å²) in [5.41, 5.74) is 1.60. The molecular formula is C17H21N5O2. The minimum atomic E-state index is -0.237. The van der Waals surface area contributed by atoms with Crippen LogP contribution in [-0.2, 0) is 9.59 Å². The first-order chi connectivity index (χ1) is 11.7. The summed E-state index contributed by atoms with van der Waals surface area (Å²) in [6.45, 7) is 1.62. The highest BCUT2D eigenvalue weighted by Crippen LogP contribution is 2.12. The van der Waals surface area contributed by atoms with Crippen molar-refractivity contribution >= 4 is 17.5 Å². The van der Waals surface area contributed by atoms with E-state index >= 15 is 0 Å². The summed E-state index contributed by atoms with van der Waals surface area (Å²) in [5, 5.41) is 12.8. The molecule has 1 aromatic carbocycles. The lowest BCUT2D eigenvalue weighted by atomic mass is 9.99. The lowest BCUT2D eigenvalue weighted by molar-refractivity contribution is -0.127. The molecule has 1 unspecified atom stereocenters. The predicted octanol–water partition coefficient (Wildman–Crippen LogP) is 0.927. The molecule has 0 spiro atoms. The van der Waals surface area contributed by atoms with Gasteiger partial charge in [-0.05, 0) is 49.7 Å². The van der Waals surface area contributed by atoms with E-state index < -0.39 is 0 Å². The van der Waals surface area contributed by atoms with Crippen molar-refractivity contribution in [2.75, 3.05) is 25.0 Å². The summed E-state index contributed by atoms with van der Waals surface area (Å²) in [5.74, 6) is -0.342. The Balaban J connectivity index is 1.47. The third-order valence-corrected chi connectivity index (χ3v) is 4.01. The Bertz CT molecular complexity index is 676. The number of benzene rings is 1. The van der Waals surface area contributed by atoms with E-state index in [1.807, 2.05) is 36.5 Å². The molecule has 7 nitrogen and oxygen atoms in total. The van der Waals surface area contributed by atoms with Crippen molar-refractivity contribution in [3.8, 4) is 5.69 Å². The van der Waals surface area contributed by atoms with Crippen molar-refractivity contribution in [3.05, 3.63) is 42.7 Å². The van der Waals surface area contributed by atoms with Gasteiger partial charge in [0, 0.05) is 24.6 Å². The van der Waals surface area contributed by atoms with Gasteiger partial charge in [-0.25, -0.2) is 4.68 Å². The summed E-state index contributed by atoms with van der Waals surface area (Å²) in [6.07, 6.45) is 5.42. The summed E-state index contributed by atoms with van der Waals surface area (Å²) in [7, 11) is 0. The molecular weight excluding hydrogens is 306 g/mol. The third kappa shape index (κ3) is 4.20. The van der Waals surface area contributed by atoms with E-state index in [4.69, 9.17) is 0 Å². The van der Waals surface area contributed by atoms with Crippen molar-refractivity contribution in [2.45, 2.75) is 12.8 Å². The number of nitrogens with one attached hydrogen (secondary N) is 3. The van der Waals surface area contributed by atoms with Crippen molar-refractivity contribution in [1.82, 2.24) is 20.4 Å². The normalized spacial score (nSPS) is 17.2. The van der Waals surface area contributed by atoms with E-state index in [1.165, 1.54) is 0 Å². The maximum atomic E-state index is 12.0. The molecule has 0 radical (unpaired) electrons. The minimum absolute atomic E-state index is 0.0176. The first kappa shape index (κ1) is 16.2. The molecule has 3 rings (SSSR count). The zero-order valence-corrected chi connectivity index (χ0v) is 13.4. The van der Waals surface area contributed by atoms with E-state index in [-0.39, 0.29) is 24.3 Å². The fourth-order valence-electron chi connectivity index (χ4n) is 2.71. The maximum Gasteiger partial charge on any atom is 0.243 e. The number of hydrogen-bond acceptors (Lipinski definition) is 4. The standard InChI is InChI=1S/C17H21N5O2/c23-16(12-19-17(24)13-3-1-8-18-11-13)21-14-4-6-15(7-5-14)22-10-2-9-20-22/h2,4-7,9-10,13,18H,1,3,8,11-12H2,(H,19,24)(H,21,23). The molecule has 1 atom stereocenters. The van der Waals surface area contributed by atoms with Crippen molar-refractivity contribution in [2.24, 2.45) is 5.92 Å². The Kier molecular flexibility index (Phi) is 5.22. The summed E-state index contributed by atoms with van der Waals surface area (Å²) in [4.78, 5) is 23.9. The van der Waals surface area contributed by atoms with Gasteiger partial charge in [0.25, 0.3) is 0 Å². The molecule has 7 heteroatoms. The molecule has 1 saturated heterocycles. The van der Waals surface area contributed by atoms with Crippen LogP contribution in [0.25, 0.3) is 5.69 Å². The molecule has 0 bridgehead atoms. The van der Waals surface area contributed by atoms with Crippen molar-refractivity contribution in [3.63, 3.8) is 0 Å². The van der Waals surface area contributed by atoms with E-state index in [2.05, 4.69) is 21.0 Å². The zero-order valence-electron chi connectivity index (χ0n) is 13.4. The Morgan fingerprint density at radius 2 is 2.12 bits per heavy atom. The lowest BCUT2D eigenvalue weighted by Gasteiger charge is -2.21. The van der Waals surface area contributed by atoms with Crippen LogP contribution < -0.4 is 16.0 Å². The second-order valence-corrected chi connectivity index (χ2v) is 5.81. The summed E-state index contributed by atoms with van der Waals surface area (Å²) in [6, 6.07) is 9.20. The second kappa shape index (κ2) is 7.74. The quantitative estimate of drug-likeness (QED) is 0.762. The van der Waals surface area contributed by atoms with Gasteiger partial charge < -0.3 is 16.0 Å². The first-order valence-corrected chi connectivity index (χ1v) is 8.11. The largest absolute Gasteiger partial charge is 0.347 e. The van der Waals surface area contributed by atoms with E-state index in [1.54, 1.807) is 10.9 Å². The number of piperidine rings is 1. The lowest BCUT2D eigenvalue weighted by Crippen LogP contribution is -2.42.